The van der Waals surface area contributed by atoms with Crippen molar-refractivity contribution in [3.8, 4) is 11.8 Å². The van der Waals surface area contributed by atoms with E-state index in [-0.39, 0.29) is 5.97 Å². The second-order valence-corrected chi connectivity index (χ2v) is 4.20. The third-order valence-corrected chi connectivity index (χ3v) is 2.66. The van der Waals surface area contributed by atoms with Crippen molar-refractivity contribution in [3.05, 3.63) is 65.7 Å². The Labute approximate surface area is 117 Å². The Hall–Kier alpha value is -2.86. The summed E-state index contributed by atoms with van der Waals surface area (Å²) in [5.41, 5.74) is 2.34. The van der Waals surface area contributed by atoms with Crippen LogP contribution in [0.3, 0.4) is 0 Å². The van der Waals surface area contributed by atoms with Crippen molar-refractivity contribution in [3.63, 3.8) is 0 Å². The maximum Gasteiger partial charge on any atom is 0.308 e. The van der Waals surface area contributed by atoms with Gasteiger partial charge in [0.25, 0.3) is 0 Å². The largest absolute Gasteiger partial charge is 0.427 e. The van der Waals surface area contributed by atoms with Gasteiger partial charge in [-0.25, -0.2) is 0 Å². The van der Waals surface area contributed by atoms with Gasteiger partial charge in [-0.3, -0.25) is 4.79 Å². The zero-order chi connectivity index (χ0) is 14.4. The Morgan fingerprint density at radius 1 is 1.10 bits per heavy atom. The summed E-state index contributed by atoms with van der Waals surface area (Å²) >= 11 is 0. The van der Waals surface area contributed by atoms with Crippen LogP contribution in [0.4, 0.5) is 0 Å². The van der Waals surface area contributed by atoms with Gasteiger partial charge in [-0.05, 0) is 29.3 Å². The lowest BCUT2D eigenvalue weighted by Crippen LogP contribution is -2.00. The fourth-order valence-electron chi connectivity index (χ4n) is 1.76. The number of rotatable bonds is 3. The molecule has 0 aromatic heterocycles. The van der Waals surface area contributed by atoms with Crippen LogP contribution in [0.1, 0.15) is 18.1 Å². The average molecular weight is 263 g/mol. The van der Waals surface area contributed by atoms with Crippen molar-refractivity contribution >= 4 is 17.6 Å². The number of hydrogen-bond donors (Lipinski definition) is 0. The van der Waals surface area contributed by atoms with E-state index in [1.807, 2.05) is 30.3 Å². The number of allylic oxidation sites excluding steroid dienone is 1. The summed E-state index contributed by atoms with van der Waals surface area (Å²) in [6.45, 7) is 1.36. The van der Waals surface area contributed by atoms with Crippen molar-refractivity contribution in [2.75, 3.05) is 0 Å². The van der Waals surface area contributed by atoms with Gasteiger partial charge in [0.1, 0.15) is 5.75 Å². The molecule has 0 aliphatic carbocycles. The number of nitriles is 1. The molecule has 0 saturated carbocycles. The van der Waals surface area contributed by atoms with Gasteiger partial charge in [0.2, 0.25) is 0 Å². The molecule has 0 unspecified atom stereocenters. The molecular weight excluding hydrogens is 250 g/mol. The van der Waals surface area contributed by atoms with Crippen LogP contribution < -0.4 is 4.74 Å². The average Bonchev–Trinajstić information content (AvgIpc) is 2.47. The summed E-state index contributed by atoms with van der Waals surface area (Å²) in [6.07, 6.45) is 1.80. The van der Waals surface area contributed by atoms with Crippen molar-refractivity contribution in [2.45, 2.75) is 6.92 Å². The number of nitrogens with zero attached hydrogens (tertiary/aromatic N) is 1. The Kier molecular flexibility index (Phi) is 4.31. The molecule has 0 aliphatic rings. The maximum absolute atomic E-state index is 10.8. The van der Waals surface area contributed by atoms with Gasteiger partial charge >= 0.3 is 5.97 Å². The van der Waals surface area contributed by atoms with Gasteiger partial charge in [0.05, 0.1) is 11.6 Å². The third kappa shape index (κ3) is 3.56. The first kappa shape index (κ1) is 13.6. The van der Waals surface area contributed by atoms with Crippen LogP contribution in [0, 0.1) is 11.3 Å². The minimum Gasteiger partial charge on any atom is -0.427 e. The molecule has 98 valence electrons. The van der Waals surface area contributed by atoms with Crippen molar-refractivity contribution < 1.29 is 9.53 Å². The van der Waals surface area contributed by atoms with Gasteiger partial charge in [0.15, 0.2) is 0 Å². The van der Waals surface area contributed by atoms with E-state index in [0.29, 0.717) is 11.3 Å². The molecule has 0 fully saturated rings. The summed E-state index contributed by atoms with van der Waals surface area (Å²) < 4.78 is 4.96. The summed E-state index contributed by atoms with van der Waals surface area (Å²) in [5, 5.41) is 9.23. The quantitative estimate of drug-likeness (QED) is 0.367. The minimum absolute atomic E-state index is 0.352. The van der Waals surface area contributed by atoms with Crippen molar-refractivity contribution in [2.24, 2.45) is 0 Å². The lowest BCUT2D eigenvalue weighted by molar-refractivity contribution is -0.131. The van der Waals surface area contributed by atoms with E-state index in [9.17, 15) is 10.1 Å². The molecule has 2 aromatic carbocycles. The molecule has 0 radical (unpaired) electrons. The number of esters is 1. The first-order chi connectivity index (χ1) is 9.69. The molecule has 0 amide bonds. The fourth-order valence-corrected chi connectivity index (χ4v) is 1.76. The monoisotopic (exact) mass is 263 g/mol. The lowest BCUT2D eigenvalue weighted by atomic mass is 10.0. The molecule has 2 aromatic rings. The third-order valence-electron chi connectivity index (χ3n) is 2.66. The summed E-state index contributed by atoms with van der Waals surface area (Å²) in [7, 11) is 0. The SMILES string of the molecule is CC(=O)Oc1ccc(/C=C(/C#N)c2ccccc2)cc1. The zero-order valence-electron chi connectivity index (χ0n) is 11.0. The van der Waals surface area contributed by atoms with Crippen LogP contribution in [0.15, 0.2) is 54.6 Å². The fraction of sp³-hybridized carbons (Fsp3) is 0.0588. The highest BCUT2D eigenvalue weighted by Gasteiger charge is 2.01. The Balaban J connectivity index is 2.25. The molecule has 0 atom stereocenters. The normalized spacial score (nSPS) is 10.7. The predicted octanol–water partition coefficient (Wildman–Crippen LogP) is 3.68. The molecule has 3 nitrogen and oxygen atoms in total. The standard InChI is InChI=1S/C17H13NO2/c1-13(19)20-17-9-7-14(8-10-17)11-16(12-18)15-5-3-2-4-6-15/h2-11H,1H3/b16-11-. The van der Waals surface area contributed by atoms with Crippen LogP contribution >= 0.6 is 0 Å². The second-order valence-electron chi connectivity index (χ2n) is 4.20. The number of benzene rings is 2. The molecule has 3 heteroatoms. The number of carbonyl (C=O) groups is 1. The predicted molar refractivity (Wildman–Crippen MR) is 77.7 cm³/mol. The van der Waals surface area contributed by atoms with E-state index in [0.717, 1.165) is 11.1 Å². The highest BCUT2D eigenvalue weighted by atomic mass is 16.5. The molecule has 0 heterocycles. The van der Waals surface area contributed by atoms with Crippen LogP contribution in [-0.4, -0.2) is 5.97 Å². The summed E-state index contributed by atoms with van der Waals surface area (Å²) in [6, 6.07) is 18.7. The first-order valence-electron chi connectivity index (χ1n) is 6.15. The number of carbonyl (C=O) groups excluding carboxylic acids is 1. The van der Waals surface area contributed by atoms with E-state index < -0.39 is 0 Å². The van der Waals surface area contributed by atoms with Gasteiger partial charge in [-0.1, -0.05) is 42.5 Å². The van der Waals surface area contributed by atoms with Crippen molar-refractivity contribution in [1.29, 1.82) is 5.26 Å². The second kappa shape index (κ2) is 6.35. The maximum atomic E-state index is 10.8. The molecule has 0 saturated heterocycles. The molecule has 0 spiro atoms. The molecule has 0 aliphatic heterocycles. The Morgan fingerprint density at radius 2 is 1.75 bits per heavy atom. The molecule has 0 N–H and O–H groups in total. The van der Waals surface area contributed by atoms with Gasteiger partial charge in [0, 0.05) is 6.92 Å². The van der Waals surface area contributed by atoms with Crippen LogP contribution in [-0.2, 0) is 4.79 Å². The lowest BCUT2D eigenvalue weighted by Gasteiger charge is -2.02. The van der Waals surface area contributed by atoms with Crippen LogP contribution in [0.5, 0.6) is 5.75 Å². The van der Waals surface area contributed by atoms with E-state index in [1.54, 1.807) is 30.3 Å². The molecule has 2 rings (SSSR count). The number of ether oxygens (including phenoxy) is 1. The molecular formula is C17H13NO2. The van der Waals surface area contributed by atoms with Gasteiger partial charge in [-0.2, -0.15) is 5.26 Å². The van der Waals surface area contributed by atoms with Crippen molar-refractivity contribution in [1.82, 2.24) is 0 Å². The Morgan fingerprint density at radius 3 is 2.30 bits per heavy atom. The highest BCUT2D eigenvalue weighted by molar-refractivity contribution is 5.89. The van der Waals surface area contributed by atoms with Crippen LogP contribution in [0.2, 0.25) is 0 Å². The zero-order valence-corrected chi connectivity index (χ0v) is 11.0. The molecule has 20 heavy (non-hydrogen) atoms. The van der Waals surface area contributed by atoms with E-state index >= 15 is 0 Å². The van der Waals surface area contributed by atoms with E-state index in [2.05, 4.69) is 6.07 Å². The van der Waals surface area contributed by atoms with Crippen LogP contribution in [0.25, 0.3) is 11.6 Å². The first-order valence-corrected chi connectivity index (χ1v) is 6.15. The van der Waals surface area contributed by atoms with Gasteiger partial charge < -0.3 is 4.74 Å². The Bertz CT molecular complexity index is 664. The number of hydrogen-bond acceptors (Lipinski definition) is 3. The van der Waals surface area contributed by atoms with Gasteiger partial charge in [-0.15, -0.1) is 0 Å². The molecule has 0 bridgehead atoms. The smallest absolute Gasteiger partial charge is 0.308 e. The summed E-state index contributed by atoms with van der Waals surface area (Å²) in [5.74, 6) is 0.142. The summed E-state index contributed by atoms with van der Waals surface area (Å²) in [4.78, 5) is 10.8. The topological polar surface area (TPSA) is 50.1 Å². The highest BCUT2D eigenvalue weighted by Crippen LogP contribution is 2.19. The van der Waals surface area contributed by atoms with E-state index in [1.165, 1.54) is 6.92 Å². The van der Waals surface area contributed by atoms with E-state index in [4.69, 9.17) is 4.74 Å². The minimum atomic E-state index is -0.352.